The summed E-state index contributed by atoms with van der Waals surface area (Å²) >= 11 is 0. The summed E-state index contributed by atoms with van der Waals surface area (Å²) in [4.78, 5) is 4.91. The first kappa shape index (κ1) is 30.8. The van der Waals surface area contributed by atoms with Crippen LogP contribution in [-0.4, -0.2) is 23.9 Å². The molecule has 7 heteroatoms. The van der Waals surface area contributed by atoms with E-state index >= 15 is 0 Å². The van der Waals surface area contributed by atoms with Crippen molar-refractivity contribution in [2.75, 3.05) is 0 Å². The van der Waals surface area contributed by atoms with Crippen molar-refractivity contribution in [3.8, 4) is 39.8 Å². The monoisotopic (exact) mass is 836 g/mol. The average molecular weight is 837 g/mol. The smallest absolute Gasteiger partial charge is 0.509 e. The van der Waals surface area contributed by atoms with Crippen molar-refractivity contribution >= 4 is 43.6 Å². The molecule has 0 saturated carbocycles. The Morgan fingerprint density at radius 3 is 1.92 bits per heavy atom. The Bertz CT molecular complexity index is 2810. The van der Waals surface area contributed by atoms with E-state index in [2.05, 4.69) is 129 Å². The number of fused-ring (bicyclic) bond motifs is 6. The maximum absolute atomic E-state index is 6.42. The molecule has 0 aliphatic carbocycles. The van der Waals surface area contributed by atoms with Crippen LogP contribution in [-0.2, 0) is 21.1 Å². The zero-order valence-electron chi connectivity index (χ0n) is 27.0. The van der Waals surface area contributed by atoms with Crippen LogP contribution in [0.3, 0.4) is 0 Å². The van der Waals surface area contributed by atoms with Gasteiger partial charge < -0.3 is 13.9 Å². The van der Waals surface area contributed by atoms with Crippen LogP contribution in [0.2, 0.25) is 0 Å². The van der Waals surface area contributed by atoms with Gasteiger partial charge in [-0.25, -0.2) is 4.98 Å². The molecule has 0 fully saturated rings. The molecule has 0 aliphatic heterocycles. The van der Waals surface area contributed by atoms with Gasteiger partial charge in [-0.2, -0.15) is 17.2 Å². The quantitative estimate of drug-likeness (QED) is 0.157. The van der Waals surface area contributed by atoms with Crippen LogP contribution in [0.4, 0.5) is 0 Å². The van der Waals surface area contributed by atoms with Crippen LogP contribution in [0, 0.1) is 12.1 Å². The van der Waals surface area contributed by atoms with Gasteiger partial charge in [0.05, 0.1) is 22.9 Å². The topological polar surface area (TPSA) is 49.8 Å². The molecule has 6 nitrogen and oxygen atoms in total. The van der Waals surface area contributed by atoms with E-state index in [9.17, 15) is 0 Å². The average Bonchev–Trinajstić information content (AvgIpc) is 3.89. The molecule has 51 heavy (non-hydrogen) atoms. The summed E-state index contributed by atoms with van der Waals surface area (Å²) in [6.07, 6.45) is 5.75. The van der Waals surface area contributed by atoms with Crippen LogP contribution in [0.5, 0.6) is 11.5 Å². The standard InChI is InChI=1S/C44H27N5O.Pt/c1-2-11-30(12-3-1)31-28-46-47(29-31)32-13-10-14-34(25-32)50-35-21-22-39-38-17-6-9-20-42(38)49(43(39)27-35)44-26-33(23-24-45-44)48-40-18-7-4-15-36(40)37-16-5-8-19-41(37)48;/h1-24,26,28-29H;/q-2;+4. The van der Waals surface area contributed by atoms with Crippen LogP contribution in [0.1, 0.15) is 0 Å². The molecular formula is C44H27N5OPt+2. The van der Waals surface area contributed by atoms with E-state index in [0.717, 1.165) is 61.2 Å². The zero-order chi connectivity index (χ0) is 33.0. The predicted octanol–water partition coefficient (Wildman–Crippen LogP) is 10.5. The second-order valence-corrected chi connectivity index (χ2v) is 12.2. The largest absolute Gasteiger partial charge is 4.00 e. The predicted molar refractivity (Wildman–Crippen MR) is 200 cm³/mol. The van der Waals surface area contributed by atoms with Crippen molar-refractivity contribution in [1.82, 2.24) is 23.9 Å². The Labute approximate surface area is 308 Å². The van der Waals surface area contributed by atoms with Crippen molar-refractivity contribution in [2.45, 2.75) is 0 Å². The van der Waals surface area contributed by atoms with E-state index < -0.39 is 0 Å². The second-order valence-electron chi connectivity index (χ2n) is 12.2. The first-order chi connectivity index (χ1) is 24.8. The van der Waals surface area contributed by atoms with E-state index in [1.807, 2.05) is 65.7 Å². The zero-order valence-corrected chi connectivity index (χ0v) is 29.3. The third-order valence-corrected chi connectivity index (χ3v) is 9.26. The minimum Gasteiger partial charge on any atom is -0.509 e. The summed E-state index contributed by atoms with van der Waals surface area (Å²) in [5.41, 5.74) is 8.19. The maximum atomic E-state index is 6.42. The number of ether oxygens (including phenoxy) is 1. The van der Waals surface area contributed by atoms with Gasteiger partial charge in [0, 0.05) is 51.8 Å². The summed E-state index contributed by atoms with van der Waals surface area (Å²) in [6, 6.07) is 56.8. The first-order valence-corrected chi connectivity index (χ1v) is 16.5. The Morgan fingerprint density at radius 1 is 0.529 bits per heavy atom. The van der Waals surface area contributed by atoms with Gasteiger partial charge in [0.2, 0.25) is 0 Å². The van der Waals surface area contributed by atoms with Gasteiger partial charge >= 0.3 is 21.1 Å². The normalized spacial score (nSPS) is 11.4. The summed E-state index contributed by atoms with van der Waals surface area (Å²) in [7, 11) is 0. The molecule has 0 N–H and O–H groups in total. The number of hydrogen-bond donors (Lipinski definition) is 0. The molecule has 0 aliphatic rings. The minimum absolute atomic E-state index is 0. The molecule has 0 spiro atoms. The molecule has 4 aromatic heterocycles. The Morgan fingerprint density at radius 2 is 1.18 bits per heavy atom. The van der Waals surface area contributed by atoms with Gasteiger partial charge in [-0.05, 0) is 40.9 Å². The van der Waals surface area contributed by atoms with Gasteiger partial charge in [0.25, 0.3) is 0 Å². The van der Waals surface area contributed by atoms with Gasteiger partial charge in [0.15, 0.2) is 0 Å². The van der Waals surface area contributed by atoms with Gasteiger partial charge in [-0.1, -0.05) is 90.4 Å². The van der Waals surface area contributed by atoms with E-state index in [4.69, 9.17) is 9.72 Å². The van der Waals surface area contributed by atoms with Crippen LogP contribution < -0.4 is 4.74 Å². The van der Waals surface area contributed by atoms with Crippen LogP contribution >= 0.6 is 0 Å². The van der Waals surface area contributed by atoms with Gasteiger partial charge in [-0.3, -0.25) is 4.68 Å². The molecule has 4 heterocycles. The number of para-hydroxylation sites is 3. The SMILES string of the molecule is [Pt+4].[c-]1c(Oc2[c-]c3c(cc2)c2ccccc2n3-c2cc(-n3c4ccccc4c4ccccc43)ccn2)cccc1-n1cc(-c2ccccc2)cn1. The summed E-state index contributed by atoms with van der Waals surface area (Å²) in [5.74, 6) is 1.95. The minimum atomic E-state index is 0. The number of aromatic nitrogens is 5. The van der Waals surface area contributed by atoms with Gasteiger partial charge in [-0.15, -0.1) is 35.7 Å². The second kappa shape index (κ2) is 12.6. The molecule has 10 aromatic rings. The Kier molecular flexibility index (Phi) is 7.60. The Hall–Kier alpha value is -6.23. The number of hydrogen-bond acceptors (Lipinski definition) is 3. The molecule has 0 atom stereocenters. The fourth-order valence-corrected chi connectivity index (χ4v) is 7.02. The van der Waals surface area contributed by atoms with Crippen molar-refractivity contribution in [3.63, 3.8) is 0 Å². The van der Waals surface area contributed by atoms with Crippen LogP contribution in [0.15, 0.2) is 164 Å². The van der Waals surface area contributed by atoms with Crippen molar-refractivity contribution in [3.05, 3.63) is 176 Å². The van der Waals surface area contributed by atoms with Crippen molar-refractivity contribution in [1.29, 1.82) is 0 Å². The number of rotatable bonds is 6. The molecule has 0 saturated heterocycles. The van der Waals surface area contributed by atoms with E-state index in [1.165, 1.54) is 10.8 Å². The maximum Gasteiger partial charge on any atom is 4.00 e. The molecule has 10 rings (SSSR count). The summed E-state index contributed by atoms with van der Waals surface area (Å²) < 4.78 is 12.7. The molecule has 0 radical (unpaired) electrons. The third kappa shape index (κ3) is 5.24. The van der Waals surface area contributed by atoms with Crippen molar-refractivity contribution in [2.24, 2.45) is 0 Å². The van der Waals surface area contributed by atoms with E-state index in [-0.39, 0.29) is 21.1 Å². The Balaban J connectivity index is 0.00000348. The number of pyridine rings is 1. The molecule has 0 amide bonds. The van der Waals surface area contributed by atoms with Crippen LogP contribution in [0.25, 0.3) is 71.9 Å². The molecule has 0 bridgehead atoms. The molecule has 0 unspecified atom stereocenters. The molecular weight excluding hydrogens is 810 g/mol. The fourth-order valence-electron chi connectivity index (χ4n) is 7.02. The van der Waals surface area contributed by atoms with E-state index in [0.29, 0.717) is 11.5 Å². The van der Waals surface area contributed by atoms with E-state index in [1.54, 1.807) is 0 Å². The number of nitrogens with zero attached hydrogens (tertiary/aromatic N) is 5. The number of benzene rings is 6. The summed E-state index contributed by atoms with van der Waals surface area (Å²) in [5, 5.41) is 9.22. The first-order valence-electron chi connectivity index (χ1n) is 16.5. The molecule has 6 aromatic carbocycles. The fraction of sp³-hybridized carbons (Fsp3) is 0. The van der Waals surface area contributed by atoms with Gasteiger partial charge in [0.1, 0.15) is 5.82 Å². The molecule has 242 valence electrons. The van der Waals surface area contributed by atoms with Crippen molar-refractivity contribution < 1.29 is 25.8 Å². The third-order valence-electron chi connectivity index (χ3n) is 9.26. The summed E-state index contributed by atoms with van der Waals surface area (Å²) in [6.45, 7) is 0.